The van der Waals surface area contributed by atoms with E-state index in [2.05, 4.69) is 10.0 Å². The van der Waals surface area contributed by atoms with Crippen LogP contribution in [-0.4, -0.2) is 59.3 Å². The molecule has 0 saturated carbocycles. The van der Waals surface area contributed by atoms with E-state index in [0.29, 0.717) is 13.1 Å². The molecule has 1 fully saturated rings. The van der Waals surface area contributed by atoms with Crippen LogP contribution in [-0.2, 0) is 34.4 Å². The summed E-state index contributed by atoms with van der Waals surface area (Å²) in [4.78, 5) is 24.0. The molecule has 2 N–H and O–H groups in total. The molecule has 0 atom stereocenters. The van der Waals surface area contributed by atoms with E-state index in [1.807, 2.05) is 0 Å². The standard InChI is InChI=1S/C20H22ClN3O7S2/c21-17-9-8-16(33(29,30)24-10-4-5-11-24)12-18(17)23-19(25)14-31-20(26)13-22-32(27,28)15-6-2-1-3-7-15/h1-3,6-9,12,22H,4-5,10-11,13-14H2,(H,23,25). The fourth-order valence-corrected chi connectivity index (χ4v) is 5.76. The molecule has 10 nitrogen and oxygen atoms in total. The van der Waals surface area contributed by atoms with Gasteiger partial charge in [0.05, 0.1) is 20.5 Å². The van der Waals surface area contributed by atoms with Crippen molar-refractivity contribution in [1.82, 2.24) is 9.03 Å². The number of sulfonamides is 2. The van der Waals surface area contributed by atoms with Crippen molar-refractivity contribution in [2.24, 2.45) is 0 Å². The number of esters is 1. The smallest absolute Gasteiger partial charge is 0.321 e. The fraction of sp³-hybridized carbons (Fsp3) is 0.300. The topological polar surface area (TPSA) is 139 Å². The van der Waals surface area contributed by atoms with Crippen molar-refractivity contribution >= 4 is 49.2 Å². The predicted molar refractivity (Wildman–Crippen MR) is 121 cm³/mol. The zero-order valence-electron chi connectivity index (χ0n) is 17.4. The van der Waals surface area contributed by atoms with Crippen LogP contribution in [0.3, 0.4) is 0 Å². The molecule has 2 aromatic rings. The van der Waals surface area contributed by atoms with Gasteiger partial charge in [-0.1, -0.05) is 29.8 Å². The van der Waals surface area contributed by atoms with Gasteiger partial charge >= 0.3 is 5.97 Å². The summed E-state index contributed by atoms with van der Waals surface area (Å²) in [6, 6.07) is 11.4. The van der Waals surface area contributed by atoms with Gasteiger partial charge in [-0.2, -0.15) is 9.03 Å². The van der Waals surface area contributed by atoms with Crippen molar-refractivity contribution in [1.29, 1.82) is 0 Å². The Bertz CT molecular complexity index is 1230. The maximum Gasteiger partial charge on any atom is 0.321 e. The number of hydrogen-bond acceptors (Lipinski definition) is 7. The van der Waals surface area contributed by atoms with E-state index in [1.54, 1.807) is 6.07 Å². The zero-order chi connectivity index (χ0) is 24.1. The van der Waals surface area contributed by atoms with Crippen LogP contribution in [0.1, 0.15) is 12.8 Å². The van der Waals surface area contributed by atoms with Gasteiger partial charge in [-0.3, -0.25) is 9.59 Å². The molecule has 1 aliphatic heterocycles. The van der Waals surface area contributed by atoms with Crippen LogP contribution in [0, 0.1) is 0 Å². The average molecular weight is 516 g/mol. The number of rotatable bonds is 9. The predicted octanol–water partition coefficient (Wildman–Crippen LogP) is 1.58. The largest absolute Gasteiger partial charge is 0.455 e. The van der Waals surface area contributed by atoms with Gasteiger partial charge < -0.3 is 10.1 Å². The molecular weight excluding hydrogens is 494 g/mol. The number of nitrogens with zero attached hydrogens (tertiary/aromatic N) is 1. The van der Waals surface area contributed by atoms with Crippen molar-refractivity contribution in [3.63, 3.8) is 0 Å². The van der Waals surface area contributed by atoms with Crippen molar-refractivity contribution in [3.05, 3.63) is 53.6 Å². The molecule has 1 heterocycles. The quantitative estimate of drug-likeness (QED) is 0.483. The first-order chi connectivity index (χ1) is 15.6. The molecule has 13 heteroatoms. The SMILES string of the molecule is O=C(COC(=O)CNS(=O)(=O)c1ccccc1)Nc1cc(S(=O)(=O)N2CCCC2)ccc1Cl. The van der Waals surface area contributed by atoms with E-state index in [0.717, 1.165) is 12.8 Å². The highest BCUT2D eigenvalue weighted by Crippen LogP contribution is 2.28. The summed E-state index contributed by atoms with van der Waals surface area (Å²) in [5, 5.41) is 2.50. The molecule has 2 aromatic carbocycles. The molecule has 0 unspecified atom stereocenters. The van der Waals surface area contributed by atoms with Crippen LogP contribution in [0.4, 0.5) is 5.69 Å². The van der Waals surface area contributed by atoms with Crippen molar-refractivity contribution in [2.75, 3.05) is 31.6 Å². The molecule has 178 valence electrons. The number of ether oxygens (including phenoxy) is 1. The minimum atomic E-state index is -3.90. The van der Waals surface area contributed by atoms with Crippen LogP contribution < -0.4 is 10.0 Å². The van der Waals surface area contributed by atoms with E-state index >= 15 is 0 Å². The number of carbonyl (C=O) groups excluding carboxylic acids is 2. The van der Waals surface area contributed by atoms with E-state index in [9.17, 15) is 26.4 Å². The van der Waals surface area contributed by atoms with E-state index in [4.69, 9.17) is 16.3 Å². The fourth-order valence-electron chi connectivity index (χ4n) is 3.06. The monoisotopic (exact) mass is 515 g/mol. The van der Waals surface area contributed by atoms with E-state index in [1.165, 1.54) is 46.8 Å². The van der Waals surface area contributed by atoms with Gasteiger partial charge in [0, 0.05) is 13.1 Å². The second-order valence-corrected chi connectivity index (χ2v) is 11.2. The lowest BCUT2D eigenvalue weighted by Crippen LogP contribution is -2.32. The first-order valence-electron chi connectivity index (χ1n) is 9.89. The lowest BCUT2D eigenvalue weighted by Gasteiger charge is -2.16. The van der Waals surface area contributed by atoms with Crippen LogP contribution in [0.2, 0.25) is 5.02 Å². The Kier molecular flexibility index (Phi) is 8.08. The van der Waals surface area contributed by atoms with E-state index in [-0.39, 0.29) is 20.5 Å². The normalized spacial score (nSPS) is 14.7. The van der Waals surface area contributed by atoms with Crippen molar-refractivity contribution in [2.45, 2.75) is 22.6 Å². The first kappa shape index (κ1) is 25.1. The highest BCUT2D eigenvalue weighted by molar-refractivity contribution is 7.89. The number of nitrogens with one attached hydrogen (secondary N) is 2. The number of halogens is 1. The van der Waals surface area contributed by atoms with Crippen LogP contribution in [0.25, 0.3) is 0 Å². The molecule has 0 aromatic heterocycles. The van der Waals surface area contributed by atoms with Crippen molar-refractivity contribution < 1.29 is 31.2 Å². The maximum absolute atomic E-state index is 12.7. The third kappa shape index (κ3) is 6.51. The van der Waals surface area contributed by atoms with Crippen LogP contribution >= 0.6 is 11.6 Å². The Morgan fingerprint density at radius 3 is 2.30 bits per heavy atom. The van der Waals surface area contributed by atoms with Gasteiger partial charge in [-0.05, 0) is 43.2 Å². The van der Waals surface area contributed by atoms with Crippen LogP contribution in [0.15, 0.2) is 58.3 Å². The Morgan fingerprint density at radius 1 is 0.970 bits per heavy atom. The molecule has 1 amide bonds. The Labute approximate surface area is 197 Å². The maximum atomic E-state index is 12.7. The lowest BCUT2D eigenvalue weighted by atomic mass is 10.3. The molecule has 1 aliphatic rings. The van der Waals surface area contributed by atoms with Gasteiger partial charge in [0.2, 0.25) is 20.0 Å². The van der Waals surface area contributed by atoms with Gasteiger partial charge in [-0.25, -0.2) is 16.8 Å². The zero-order valence-corrected chi connectivity index (χ0v) is 19.7. The third-order valence-electron chi connectivity index (χ3n) is 4.74. The minimum absolute atomic E-state index is 0.0172. The Morgan fingerprint density at radius 2 is 1.64 bits per heavy atom. The number of amides is 1. The molecule has 1 saturated heterocycles. The Balaban J connectivity index is 1.55. The molecule has 3 rings (SSSR count). The number of anilines is 1. The highest BCUT2D eigenvalue weighted by Gasteiger charge is 2.28. The third-order valence-corrected chi connectivity index (χ3v) is 8.38. The molecule has 0 spiro atoms. The van der Waals surface area contributed by atoms with Gasteiger partial charge in [0.25, 0.3) is 5.91 Å². The molecule has 0 radical (unpaired) electrons. The summed E-state index contributed by atoms with van der Waals surface area (Å²) in [6.07, 6.45) is 1.56. The summed E-state index contributed by atoms with van der Waals surface area (Å²) in [5.41, 5.74) is 0.0442. The minimum Gasteiger partial charge on any atom is -0.455 e. The summed E-state index contributed by atoms with van der Waals surface area (Å²) >= 11 is 6.06. The highest BCUT2D eigenvalue weighted by atomic mass is 35.5. The average Bonchev–Trinajstić information content (AvgIpc) is 3.34. The number of carbonyl (C=O) groups is 2. The second kappa shape index (κ2) is 10.6. The first-order valence-corrected chi connectivity index (χ1v) is 13.2. The van der Waals surface area contributed by atoms with Gasteiger partial charge in [-0.15, -0.1) is 0 Å². The second-order valence-electron chi connectivity index (χ2n) is 7.10. The molecule has 33 heavy (non-hydrogen) atoms. The molecule has 0 aliphatic carbocycles. The van der Waals surface area contributed by atoms with Crippen molar-refractivity contribution in [3.8, 4) is 0 Å². The summed E-state index contributed by atoms with van der Waals surface area (Å²) in [6.45, 7) is -0.534. The summed E-state index contributed by atoms with van der Waals surface area (Å²) < 4.78 is 57.8. The summed E-state index contributed by atoms with van der Waals surface area (Å²) in [5.74, 6) is -1.74. The Hall–Kier alpha value is -2.51. The van der Waals surface area contributed by atoms with Gasteiger partial charge in [0.15, 0.2) is 6.61 Å². The molecule has 0 bridgehead atoms. The lowest BCUT2D eigenvalue weighted by molar-refractivity contribution is -0.146. The number of hydrogen-bond donors (Lipinski definition) is 2. The summed E-state index contributed by atoms with van der Waals surface area (Å²) in [7, 11) is -7.61. The molecular formula is C20H22ClN3O7S2. The van der Waals surface area contributed by atoms with E-state index < -0.39 is 45.1 Å². The van der Waals surface area contributed by atoms with Crippen LogP contribution in [0.5, 0.6) is 0 Å². The van der Waals surface area contributed by atoms with Gasteiger partial charge in [0.1, 0.15) is 6.54 Å². The number of benzene rings is 2.